The van der Waals surface area contributed by atoms with Crippen LogP contribution < -0.4 is 5.32 Å². The first-order valence-electron chi connectivity index (χ1n) is 6.12. The first kappa shape index (κ1) is 13.9. The number of ether oxygens (including phenoxy) is 1. The van der Waals surface area contributed by atoms with E-state index in [0.29, 0.717) is 32.6 Å². The Bertz CT molecular complexity index is 280. The van der Waals surface area contributed by atoms with Gasteiger partial charge >= 0.3 is 0 Å². The van der Waals surface area contributed by atoms with E-state index in [-0.39, 0.29) is 18.0 Å². The SMILES string of the molecule is CC(C)N(CCC#N)C(=O)CC1COCCN1. The third-order valence-corrected chi connectivity index (χ3v) is 2.83. The number of carbonyl (C=O) groups is 1. The zero-order valence-electron chi connectivity index (χ0n) is 10.6. The van der Waals surface area contributed by atoms with Crippen LogP contribution in [0.25, 0.3) is 0 Å². The molecule has 0 aliphatic carbocycles. The van der Waals surface area contributed by atoms with Crippen LogP contribution in [0.4, 0.5) is 0 Å². The summed E-state index contributed by atoms with van der Waals surface area (Å²) in [4.78, 5) is 13.8. The maximum Gasteiger partial charge on any atom is 0.224 e. The van der Waals surface area contributed by atoms with Gasteiger partial charge in [0.05, 0.1) is 25.7 Å². The van der Waals surface area contributed by atoms with Crippen molar-refractivity contribution >= 4 is 5.91 Å². The summed E-state index contributed by atoms with van der Waals surface area (Å²) in [6.07, 6.45) is 0.835. The molecule has 5 nitrogen and oxygen atoms in total. The topological polar surface area (TPSA) is 65.4 Å². The molecule has 1 heterocycles. The summed E-state index contributed by atoms with van der Waals surface area (Å²) in [7, 11) is 0. The van der Waals surface area contributed by atoms with Gasteiger partial charge in [-0.25, -0.2) is 0 Å². The highest BCUT2D eigenvalue weighted by molar-refractivity contribution is 5.77. The van der Waals surface area contributed by atoms with E-state index >= 15 is 0 Å². The normalized spacial score (nSPS) is 20.0. The van der Waals surface area contributed by atoms with Crippen LogP contribution in [0.15, 0.2) is 0 Å². The number of carbonyl (C=O) groups excluding carboxylic acids is 1. The molecule has 1 rings (SSSR count). The van der Waals surface area contributed by atoms with Crippen LogP contribution in [-0.4, -0.2) is 49.2 Å². The minimum absolute atomic E-state index is 0.0956. The van der Waals surface area contributed by atoms with Crippen molar-refractivity contribution in [3.63, 3.8) is 0 Å². The Kier molecular flexibility index (Phi) is 5.95. The predicted octanol–water partition coefficient (Wildman–Crippen LogP) is 0.516. The molecule has 1 amide bonds. The third-order valence-electron chi connectivity index (χ3n) is 2.83. The molecule has 1 unspecified atom stereocenters. The molecule has 1 aliphatic heterocycles. The first-order valence-corrected chi connectivity index (χ1v) is 6.12. The van der Waals surface area contributed by atoms with Gasteiger partial charge in [0.15, 0.2) is 0 Å². The quantitative estimate of drug-likeness (QED) is 0.759. The fourth-order valence-electron chi connectivity index (χ4n) is 1.92. The Labute approximate surface area is 103 Å². The van der Waals surface area contributed by atoms with Crippen LogP contribution in [0.3, 0.4) is 0 Å². The molecule has 0 aromatic carbocycles. The Morgan fingerprint density at radius 3 is 2.94 bits per heavy atom. The van der Waals surface area contributed by atoms with Crippen LogP contribution in [0.2, 0.25) is 0 Å². The summed E-state index contributed by atoms with van der Waals surface area (Å²) in [5.41, 5.74) is 0. The van der Waals surface area contributed by atoms with Crippen molar-refractivity contribution in [2.45, 2.75) is 38.8 Å². The summed E-state index contributed by atoms with van der Waals surface area (Å²) in [6, 6.07) is 2.33. The molecular weight excluding hydrogens is 218 g/mol. The highest BCUT2D eigenvalue weighted by atomic mass is 16.5. The summed E-state index contributed by atoms with van der Waals surface area (Å²) < 4.78 is 5.32. The van der Waals surface area contributed by atoms with Crippen LogP contribution in [-0.2, 0) is 9.53 Å². The molecule has 0 aromatic rings. The second-order valence-corrected chi connectivity index (χ2v) is 4.52. The monoisotopic (exact) mass is 239 g/mol. The van der Waals surface area contributed by atoms with Crippen molar-refractivity contribution in [2.24, 2.45) is 0 Å². The molecule has 1 fully saturated rings. The first-order chi connectivity index (χ1) is 8.15. The summed E-state index contributed by atoms with van der Waals surface area (Å²) in [5, 5.41) is 11.8. The smallest absolute Gasteiger partial charge is 0.224 e. The van der Waals surface area contributed by atoms with Crippen LogP contribution in [0.5, 0.6) is 0 Å². The van der Waals surface area contributed by atoms with Gasteiger partial charge in [0.1, 0.15) is 0 Å². The molecule has 0 aromatic heterocycles. The van der Waals surface area contributed by atoms with Crippen LogP contribution in [0, 0.1) is 11.3 Å². The zero-order valence-corrected chi connectivity index (χ0v) is 10.6. The molecule has 0 bridgehead atoms. The lowest BCUT2D eigenvalue weighted by atomic mass is 10.1. The second-order valence-electron chi connectivity index (χ2n) is 4.52. The van der Waals surface area contributed by atoms with E-state index in [1.807, 2.05) is 13.8 Å². The van der Waals surface area contributed by atoms with Gasteiger partial charge in [0.2, 0.25) is 5.91 Å². The summed E-state index contributed by atoms with van der Waals surface area (Å²) >= 11 is 0. The fourth-order valence-corrected chi connectivity index (χ4v) is 1.92. The van der Waals surface area contributed by atoms with Crippen molar-refractivity contribution in [3.8, 4) is 6.07 Å². The number of nitriles is 1. The van der Waals surface area contributed by atoms with Crippen LogP contribution >= 0.6 is 0 Å². The number of nitrogens with zero attached hydrogens (tertiary/aromatic N) is 2. The van der Waals surface area contributed by atoms with E-state index in [4.69, 9.17) is 10.00 Å². The maximum atomic E-state index is 12.1. The molecule has 0 spiro atoms. The Morgan fingerprint density at radius 2 is 2.41 bits per heavy atom. The van der Waals surface area contributed by atoms with Gasteiger partial charge in [-0.2, -0.15) is 5.26 Å². The average molecular weight is 239 g/mol. The maximum absolute atomic E-state index is 12.1. The molecule has 0 saturated carbocycles. The van der Waals surface area contributed by atoms with Gasteiger partial charge in [0.25, 0.3) is 0 Å². The minimum atomic E-state index is 0.0956. The lowest BCUT2D eigenvalue weighted by Gasteiger charge is -2.29. The lowest BCUT2D eigenvalue weighted by molar-refractivity contribution is -0.134. The van der Waals surface area contributed by atoms with Crippen molar-refractivity contribution in [3.05, 3.63) is 0 Å². The Hall–Kier alpha value is -1.12. The minimum Gasteiger partial charge on any atom is -0.378 e. The number of nitrogens with one attached hydrogen (secondary N) is 1. The van der Waals surface area contributed by atoms with E-state index < -0.39 is 0 Å². The molecule has 5 heteroatoms. The highest BCUT2D eigenvalue weighted by Crippen LogP contribution is 2.07. The van der Waals surface area contributed by atoms with Crippen molar-refractivity contribution < 1.29 is 9.53 Å². The molecule has 0 radical (unpaired) electrons. The Balaban J connectivity index is 2.43. The fraction of sp³-hybridized carbons (Fsp3) is 0.833. The van der Waals surface area contributed by atoms with E-state index in [9.17, 15) is 4.79 Å². The third kappa shape index (κ3) is 4.72. The van der Waals surface area contributed by atoms with Crippen LogP contribution in [0.1, 0.15) is 26.7 Å². The predicted molar refractivity (Wildman–Crippen MR) is 64.3 cm³/mol. The van der Waals surface area contributed by atoms with Gasteiger partial charge in [0, 0.05) is 31.6 Å². The number of hydrogen-bond donors (Lipinski definition) is 1. The number of morpholine rings is 1. The number of amides is 1. The summed E-state index contributed by atoms with van der Waals surface area (Å²) in [6.45, 7) is 6.57. The molecule has 1 saturated heterocycles. The van der Waals surface area contributed by atoms with Gasteiger partial charge in [-0.1, -0.05) is 0 Å². The molecule has 17 heavy (non-hydrogen) atoms. The van der Waals surface area contributed by atoms with E-state index in [0.717, 1.165) is 6.54 Å². The van der Waals surface area contributed by atoms with E-state index in [2.05, 4.69) is 11.4 Å². The van der Waals surface area contributed by atoms with Gasteiger partial charge in [-0.15, -0.1) is 0 Å². The van der Waals surface area contributed by atoms with Crippen molar-refractivity contribution in [1.29, 1.82) is 5.26 Å². The van der Waals surface area contributed by atoms with Gasteiger partial charge in [-0.05, 0) is 13.8 Å². The number of rotatable bonds is 5. The molecule has 1 aliphatic rings. The van der Waals surface area contributed by atoms with Crippen molar-refractivity contribution in [1.82, 2.24) is 10.2 Å². The highest BCUT2D eigenvalue weighted by Gasteiger charge is 2.22. The molecule has 1 atom stereocenters. The van der Waals surface area contributed by atoms with E-state index in [1.54, 1.807) is 4.90 Å². The molecule has 96 valence electrons. The zero-order chi connectivity index (χ0) is 12.7. The van der Waals surface area contributed by atoms with E-state index in [1.165, 1.54) is 0 Å². The standard InChI is InChI=1S/C12H21N3O2/c1-10(2)15(6-3-4-13)12(16)8-11-9-17-7-5-14-11/h10-11,14H,3,5-9H2,1-2H3. The second kappa shape index (κ2) is 7.25. The number of hydrogen-bond acceptors (Lipinski definition) is 4. The van der Waals surface area contributed by atoms with Gasteiger partial charge < -0.3 is 15.0 Å². The lowest BCUT2D eigenvalue weighted by Crippen LogP contribution is -2.46. The molecule has 1 N–H and O–H groups in total. The van der Waals surface area contributed by atoms with Gasteiger partial charge in [-0.3, -0.25) is 4.79 Å². The summed E-state index contributed by atoms with van der Waals surface area (Å²) in [5.74, 6) is 0.0956. The Morgan fingerprint density at radius 1 is 1.65 bits per heavy atom. The largest absolute Gasteiger partial charge is 0.378 e. The average Bonchev–Trinajstić information content (AvgIpc) is 2.30. The van der Waals surface area contributed by atoms with Crippen molar-refractivity contribution in [2.75, 3.05) is 26.3 Å². The molecular formula is C12H21N3O2.